The van der Waals surface area contributed by atoms with Gasteiger partial charge in [-0.15, -0.1) is 10.2 Å². The molecular formula is C20H20N2O. The summed E-state index contributed by atoms with van der Waals surface area (Å²) in [5.74, 6) is 0.516. The van der Waals surface area contributed by atoms with Crippen LogP contribution in [0.15, 0.2) is 59.9 Å². The van der Waals surface area contributed by atoms with Crippen molar-refractivity contribution in [1.29, 1.82) is 0 Å². The van der Waals surface area contributed by atoms with Gasteiger partial charge in [0.2, 0.25) is 12.3 Å². The van der Waals surface area contributed by atoms with Gasteiger partial charge in [-0.1, -0.05) is 63.8 Å². The molecule has 0 radical (unpaired) electrons. The number of hydrogen-bond donors (Lipinski definition) is 0. The summed E-state index contributed by atoms with van der Waals surface area (Å²) in [4.78, 5) is 0. The topological polar surface area (TPSA) is 38.9 Å². The number of aromatic nitrogens is 2. The summed E-state index contributed by atoms with van der Waals surface area (Å²) in [5, 5.41) is 7.68. The maximum Gasteiger partial charge on any atom is 0.247 e. The Kier molecular flexibility index (Phi) is 3.87. The van der Waals surface area contributed by atoms with E-state index in [1.165, 1.54) is 17.5 Å². The Morgan fingerprint density at radius 1 is 1.00 bits per heavy atom. The summed E-state index contributed by atoms with van der Waals surface area (Å²) < 4.78 is 5.26. The van der Waals surface area contributed by atoms with Gasteiger partial charge in [0.25, 0.3) is 0 Å². The van der Waals surface area contributed by atoms with Crippen molar-refractivity contribution in [2.45, 2.75) is 26.2 Å². The molecule has 23 heavy (non-hydrogen) atoms. The van der Waals surface area contributed by atoms with Crippen molar-refractivity contribution < 1.29 is 4.42 Å². The molecule has 116 valence electrons. The minimum Gasteiger partial charge on any atom is -0.423 e. The predicted molar refractivity (Wildman–Crippen MR) is 94.0 cm³/mol. The van der Waals surface area contributed by atoms with Crippen LogP contribution < -0.4 is 0 Å². The summed E-state index contributed by atoms with van der Waals surface area (Å²) in [5.41, 5.74) is 5.73. The van der Waals surface area contributed by atoms with Gasteiger partial charge >= 0.3 is 0 Å². The van der Waals surface area contributed by atoms with Crippen LogP contribution in [0, 0.1) is 0 Å². The average molecular weight is 304 g/mol. The molecule has 3 nitrogen and oxygen atoms in total. The van der Waals surface area contributed by atoms with E-state index in [0.29, 0.717) is 5.89 Å². The fourth-order valence-electron chi connectivity index (χ4n) is 2.58. The monoisotopic (exact) mass is 304 g/mol. The van der Waals surface area contributed by atoms with Gasteiger partial charge in [-0.25, -0.2) is 0 Å². The zero-order chi connectivity index (χ0) is 16.4. The lowest BCUT2D eigenvalue weighted by Gasteiger charge is -2.19. The van der Waals surface area contributed by atoms with Crippen molar-refractivity contribution in [2.75, 3.05) is 0 Å². The summed E-state index contributed by atoms with van der Waals surface area (Å²) in [6, 6.07) is 14.8. The third kappa shape index (κ3) is 3.09. The van der Waals surface area contributed by atoms with Crippen molar-refractivity contribution in [1.82, 2.24) is 10.2 Å². The van der Waals surface area contributed by atoms with Gasteiger partial charge in [0, 0.05) is 5.56 Å². The maximum atomic E-state index is 5.26. The summed E-state index contributed by atoms with van der Waals surface area (Å²) in [6.45, 7) is 10.6. The van der Waals surface area contributed by atoms with Crippen LogP contribution in [0.1, 0.15) is 31.9 Å². The average Bonchev–Trinajstić information content (AvgIpc) is 3.08. The molecule has 0 saturated carbocycles. The van der Waals surface area contributed by atoms with Crippen LogP contribution in [0.3, 0.4) is 0 Å². The number of hydrogen-bond acceptors (Lipinski definition) is 3. The Morgan fingerprint density at radius 3 is 2.26 bits per heavy atom. The van der Waals surface area contributed by atoms with Gasteiger partial charge in [0.1, 0.15) is 0 Å². The lowest BCUT2D eigenvalue weighted by molar-refractivity contribution is 0.568. The normalized spacial score (nSPS) is 11.4. The van der Waals surface area contributed by atoms with Crippen LogP contribution in [-0.4, -0.2) is 10.2 Å². The van der Waals surface area contributed by atoms with E-state index < -0.39 is 0 Å². The molecule has 0 spiro atoms. The fraction of sp³-hybridized carbons (Fsp3) is 0.200. The molecule has 0 bridgehead atoms. The van der Waals surface area contributed by atoms with E-state index >= 15 is 0 Å². The van der Waals surface area contributed by atoms with Crippen molar-refractivity contribution >= 4 is 6.08 Å². The highest BCUT2D eigenvalue weighted by Crippen LogP contribution is 2.31. The van der Waals surface area contributed by atoms with Gasteiger partial charge < -0.3 is 4.42 Å². The van der Waals surface area contributed by atoms with Crippen LogP contribution in [0.25, 0.3) is 28.7 Å². The van der Waals surface area contributed by atoms with Crippen LogP contribution >= 0.6 is 0 Å². The molecule has 0 aliphatic heterocycles. The van der Waals surface area contributed by atoms with Crippen LogP contribution in [0.4, 0.5) is 0 Å². The second kappa shape index (κ2) is 5.84. The van der Waals surface area contributed by atoms with E-state index in [9.17, 15) is 0 Å². The highest BCUT2D eigenvalue weighted by Gasteiger charge is 2.14. The van der Waals surface area contributed by atoms with Crippen molar-refractivity contribution in [3.8, 4) is 22.6 Å². The molecule has 3 heteroatoms. The Balaban J connectivity index is 2.01. The second-order valence-corrected chi connectivity index (χ2v) is 6.58. The molecule has 0 atom stereocenters. The van der Waals surface area contributed by atoms with E-state index in [0.717, 1.165) is 16.7 Å². The van der Waals surface area contributed by atoms with Crippen molar-refractivity contribution in [3.63, 3.8) is 0 Å². The smallest absolute Gasteiger partial charge is 0.247 e. The predicted octanol–water partition coefficient (Wildman–Crippen LogP) is 5.34. The van der Waals surface area contributed by atoms with Crippen LogP contribution in [0.5, 0.6) is 0 Å². The highest BCUT2D eigenvalue weighted by atomic mass is 16.4. The molecule has 1 heterocycles. The molecule has 3 rings (SSSR count). The largest absolute Gasteiger partial charge is 0.423 e. The number of rotatable bonds is 3. The van der Waals surface area contributed by atoms with E-state index in [-0.39, 0.29) is 5.41 Å². The maximum absolute atomic E-state index is 5.26. The van der Waals surface area contributed by atoms with Gasteiger partial charge in [-0.3, -0.25) is 0 Å². The second-order valence-electron chi connectivity index (χ2n) is 6.58. The van der Waals surface area contributed by atoms with Crippen LogP contribution in [0.2, 0.25) is 0 Å². The standard InChI is InChI=1S/C20H20N2O/c1-5-14-12-16(19-22-21-13-23-19)8-11-18(14)15-6-9-17(10-7-15)20(2,3)4/h5-13H,1H2,2-4H3. The molecule has 3 aromatic rings. The first kappa shape index (κ1) is 15.2. The molecule has 0 amide bonds. The summed E-state index contributed by atoms with van der Waals surface area (Å²) in [7, 11) is 0. The highest BCUT2D eigenvalue weighted by molar-refractivity contribution is 5.78. The molecule has 2 aromatic carbocycles. The lowest BCUT2D eigenvalue weighted by Crippen LogP contribution is -2.10. The first-order valence-corrected chi connectivity index (χ1v) is 7.63. The van der Waals surface area contributed by atoms with E-state index in [1.807, 2.05) is 18.2 Å². The molecule has 0 fully saturated rings. The van der Waals surface area contributed by atoms with Crippen LogP contribution in [-0.2, 0) is 5.41 Å². The molecule has 1 aromatic heterocycles. The molecular weight excluding hydrogens is 284 g/mol. The SMILES string of the molecule is C=Cc1cc(-c2nnco2)ccc1-c1ccc(C(C)(C)C)cc1. The van der Waals surface area contributed by atoms with E-state index in [1.54, 1.807) is 0 Å². The first-order chi connectivity index (χ1) is 11.0. The summed E-state index contributed by atoms with van der Waals surface area (Å²) in [6.07, 6.45) is 3.19. The van der Waals surface area contributed by atoms with Gasteiger partial charge in [-0.05, 0) is 39.8 Å². The zero-order valence-corrected chi connectivity index (χ0v) is 13.7. The Morgan fingerprint density at radius 2 is 1.70 bits per heavy atom. The Hall–Kier alpha value is -2.68. The number of benzene rings is 2. The van der Waals surface area contributed by atoms with Crippen molar-refractivity contribution in [2.24, 2.45) is 0 Å². The van der Waals surface area contributed by atoms with Gasteiger partial charge in [0.05, 0.1) is 0 Å². The van der Waals surface area contributed by atoms with Gasteiger partial charge in [-0.2, -0.15) is 0 Å². The lowest BCUT2D eigenvalue weighted by atomic mass is 9.86. The van der Waals surface area contributed by atoms with Crippen molar-refractivity contribution in [3.05, 3.63) is 66.6 Å². The Bertz CT molecular complexity index is 810. The third-order valence-corrected chi connectivity index (χ3v) is 3.94. The number of nitrogens with zero attached hydrogens (tertiary/aromatic N) is 2. The zero-order valence-electron chi connectivity index (χ0n) is 13.7. The first-order valence-electron chi connectivity index (χ1n) is 7.63. The molecule has 0 saturated heterocycles. The van der Waals surface area contributed by atoms with Gasteiger partial charge in [0.15, 0.2) is 0 Å². The quantitative estimate of drug-likeness (QED) is 0.655. The molecule has 0 aliphatic rings. The Labute approximate surface area is 136 Å². The molecule has 0 aliphatic carbocycles. The summed E-state index contributed by atoms with van der Waals surface area (Å²) >= 11 is 0. The third-order valence-electron chi connectivity index (χ3n) is 3.94. The van der Waals surface area contributed by atoms with E-state index in [4.69, 9.17) is 4.42 Å². The minimum atomic E-state index is 0.154. The fourth-order valence-corrected chi connectivity index (χ4v) is 2.58. The minimum absolute atomic E-state index is 0.154. The van der Waals surface area contributed by atoms with E-state index in [2.05, 4.69) is 67.9 Å². The molecule has 0 unspecified atom stereocenters. The molecule has 0 N–H and O–H groups in total.